The van der Waals surface area contributed by atoms with Crippen LogP contribution in [0, 0.1) is 5.82 Å². The first-order chi connectivity index (χ1) is 15.8. The Morgan fingerprint density at radius 2 is 1.67 bits per heavy atom. The molecule has 0 radical (unpaired) electrons. The highest BCUT2D eigenvalue weighted by atomic mass is 32.2. The molecule has 0 bridgehead atoms. The fourth-order valence-corrected chi connectivity index (χ4v) is 4.91. The van der Waals surface area contributed by atoms with Crippen molar-refractivity contribution in [3.63, 3.8) is 0 Å². The number of nitrogens with zero attached hydrogens (tertiary/aromatic N) is 1. The van der Waals surface area contributed by atoms with Crippen molar-refractivity contribution in [1.82, 2.24) is 5.32 Å². The maximum Gasteiger partial charge on any atom is 0.264 e. The molecule has 4 rings (SSSR count). The first-order valence-electron chi connectivity index (χ1n) is 10.4. The molecule has 0 aliphatic carbocycles. The van der Waals surface area contributed by atoms with E-state index in [1.807, 2.05) is 37.3 Å². The van der Waals surface area contributed by atoms with Gasteiger partial charge in [0.2, 0.25) is 5.91 Å². The second kappa shape index (κ2) is 9.50. The Kier molecular flexibility index (Phi) is 6.50. The molecule has 0 saturated carbocycles. The Morgan fingerprint density at radius 1 is 1.00 bits per heavy atom. The smallest absolute Gasteiger partial charge is 0.264 e. The zero-order valence-corrected chi connectivity index (χ0v) is 18.7. The first-order valence-corrected chi connectivity index (χ1v) is 11.8. The van der Waals surface area contributed by atoms with Crippen LogP contribution in [0.4, 0.5) is 10.1 Å². The predicted molar refractivity (Wildman–Crippen MR) is 121 cm³/mol. The number of rotatable bonds is 7. The van der Waals surface area contributed by atoms with Crippen LogP contribution in [0.15, 0.2) is 77.7 Å². The van der Waals surface area contributed by atoms with E-state index in [-0.39, 0.29) is 16.6 Å². The molecule has 3 aromatic rings. The molecule has 172 valence electrons. The predicted octanol–water partition coefficient (Wildman–Crippen LogP) is 3.67. The number of benzene rings is 3. The summed E-state index contributed by atoms with van der Waals surface area (Å²) < 4.78 is 52.5. The average molecular weight is 471 g/mol. The Hall–Kier alpha value is -3.59. The number of hydrogen-bond donors (Lipinski definition) is 1. The number of amides is 1. The average Bonchev–Trinajstić information content (AvgIpc) is 2.83. The van der Waals surface area contributed by atoms with Gasteiger partial charge >= 0.3 is 0 Å². The van der Waals surface area contributed by atoms with E-state index in [2.05, 4.69) is 5.32 Å². The molecule has 1 amide bonds. The van der Waals surface area contributed by atoms with Crippen LogP contribution < -0.4 is 19.1 Å². The monoisotopic (exact) mass is 470 g/mol. The van der Waals surface area contributed by atoms with Crippen molar-refractivity contribution < 1.29 is 27.1 Å². The molecule has 0 fully saturated rings. The van der Waals surface area contributed by atoms with Gasteiger partial charge in [-0.05, 0) is 48.9 Å². The summed E-state index contributed by atoms with van der Waals surface area (Å²) in [5.74, 6) is -0.263. The Morgan fingerprint density at radius 3 is 2.36 bits per heavy atom. The first kappa shape index (κ1) is 22.6. The molecule has 1 heterocycles. The summed E-state index contributed by atoms with van der Waals surface area (Å²) in [5.41, 5.74) is 1.04. The molecule has 33 heavy (non-hydrogen) atoms. The van der Waals surface area contributed by atoms with Gasteiger partial charge in [-0.15, -0.1) is 0 Å². The van der Waals surface area contributed by atoms with E-state index in [0.717, 1.165) is 22.0 Å². The van der Waals surface area contributed by atoms with Gasteiger partial charge in [-0.1, -0.05) is 30.3 Å². The molecule has 1 aliphatic rings. The topological polar surface area (TPSA) is 84.9 Å². The molecule has 1 aliphatic heterocycles. The maximum absolute atomic E-state index is 13.6. The molecule has 0 spiro atoms. The van der Waals surface area contributed by atoms with E-state index in [0.29, 0.717) is 24.7 Å². The largest absolute Gasteiger partial charge is 0.486 e. The second-order valence-corrected chi connectivity index (χ2v) is 9.36. The van der Waals surface area contributed by atoms with Crippen molar-refractivity contribution in [1.29, 1.82) is 0 Å². The molecule has 1 N–H and O–H groups in total. The third-order valence-corrected chi connectivity index (χ3v) is 6.95. The number of carbonyl (C=O) groups is 1. The quantitative estimate of drug-likeness (QED) is 0.570. The lowest BCUT2D eigenvalue weighted by atomic mass is 10.1. The number of hydrogen-bond acceptors (Lipinski definition) is 5. The number of carbonyl (C=O) groups excluding carboxylic acids is 1. The number of nitrogens with one attached hydrogen (secondary N) is 1. The standard InChI is InChI=1S/C24H23FN2O5S/c1-17(18-5-3-2-4-6-18)26-24(28)16-27(20-9-7-19(25)8-10-20)33(29,30)21-11-12-22-23(15-21)32-14-13-31-22/h2-12,15,17H,13-14,16H2,1H3,(H,26,28)/t17-/m1/s1. The number of sulfonamides is 1. The van der Waals surface area contributed by atoms with Gasteiger partial charge in [0.05, 0.1) is 16.6 Å². The van der Waals surface area contributed by atoms with Gasteiger partial charge in [0, 0.05) is 6.07 Å². The molecular weight excluding hydrogens is 447 g/mol. The highest BCUT2D eigenvalue weighted by Crippen LogP contribution is 2.34. The lowest BCUT2D eigenvalue weighted by Gasteiger charge is -2.26. The molecule has 3 aromatic carbocycles. The van der Waals surface area contributed by atoms with Gasteiger partial charge in [0.25, 0.3) is 10.0 Å². The number of ether oxygens (including phenoxy) is 2. The summed E-state index contributed by atoms with van der Waals surface area (Å²) in [5, 5.41) is 2.82. The van der Waals surface area contributed by atoms with E-state index in [1.54, 1.807) is 0 Å². The molecule has 7 nitrogen and oxygen atoms in total. The Balaban J connectivity index is 1.63. The molecule has 0 aromatic heterocycles. The van der Waals surface area contributed by atoms with Crippen LogP contribution in [0.1, 0.15) is 18.5 Å². The normalized spacial score (nSPS) is 13.8. The van der Waals surface area contributed by atoms with Gasteiger partial charge in [-0.2, -0.15) is 0 Å². The fourth-order valence-electron chi connectivity index (χ4n) is 3.48. The van der Waals surface area contributed by atoms with E-state index < -0.39 is 28.3 Å². The van der Waals surface area contributed by atoms with Crippen LogP contribution in [0.3, 0.4) is 0 Å². The summed E-state index contributed by atoms with van der Waals surface area (Å²) in [6, 6.07) is 18.2. The van der Waals surface area contributed by atoms with Gasteiger partial charge in [-0.3, -0.25) is 9.10 Å². The van der Waals surface area contributed by atoms with Crippen LogP contribution in [0.25, 0.3) is 0 Å². The molecule has 0 saturated heterocycles. The van der Waals surface area contributed by atoms with Crippen LogP contribution >= 0.6 is 0 Å². The highest BCUT2D eigenvalue weighted by Gasteiger charge is 2.29. The van der Waals surface area contributed by atoms with E-state index in [4.69, 9.17) is 9.47 Å². The minimum absolute atomic E-state index is 0.0695. The van der Waals surface area contributed by atoms with Crippen LogP contribution in [-0.2, 0) is 14.8 Å². The van der Waals surface area contributed by atoms with Crippen LogP contribution in [0.5, 0.6) is 11.5 Å². The minimum atomic E-state index is -4.18. The van der Waals surface area contributed by atoms with Gasteiger partial charge in [-0.25, -0.2) is 12.8 Å². The van der Waals surface area contributed by atoms with E-state index in [9.17, 15) is 17.6 Å². The molecule has 1 atom stereocenters. The summed E-state index contributed by atoms with van der Waals surface area (Å²) in [4.78, 5) is 12.8. The van der Waals surface area contributed by atoms with Crippen molar-refractivity contribution in [2.24, 2.45) is 0 Å². The van der Waals surface area contributed by atoms with Crippen molar-refractivity contribution in [3.8, 4) is 11.5 Å². The van der Waals surface area contributed by atoms with E-state index in [1.165, 1.54) is 30.3 Å². The SMILES string of the molecule is C[C@@H](NC(=O)CN(c1ccc(F)cc1)S(=O)(=O)c1ccc2c(c1)OCCO2)c1ccccc1. The highest BCUT2D eigenvalue weighted by molar-refractivity contribution is 7.92. The summed E-state index contributed by atoms with van der Waals surface area (Å²) in [7, 11) is -4.18. The minimum Gasteiger partial charge on any atom is -0.486 e. The van der Waals surface area contributed by atoms with Gasteiger partial charge in [0.1, 0.15) is 25.6 Å². The summed E-state index contributed by atoms with van der Waals surface area (Å²) in [6.45, 7) is 2.00. The third kappa shape index (κ3) is 5.09. The number of fused-ring (bicyclic) bond motifs is 1. The van der Waals surface area contributed by atoms with Crippen LogP contribution in [0.2, 0.25) is 0 Å². The summed E-state index contributed by atoms with van der Waals surface area (Å²) in [6.07, 6.45) is 0. The van der Waals surface area contributed by atoms with Crippen molar-refractivity contribution >= 4 is 21.6 Å². The molecule has 9 heteroatoms. The molecular formula is C24H23FN2O5S. The van der Waals surface area contributed by atoms with Gasteiger partial charge in [0.15, 0.2) is 11.5 Å². The Bertz CT molecular complexity index is 1230. The lowest BCUT2D eigenvalue weighted by Crippen LogP contribution is -2.41. The zero-order valence-electron chi connectivity index (χ0n) is 17.9. The number of anilines is 1. The zero-order chi connectivity index (χ0) is 23.4. The van der Waals surface area contributed by atoms with Crippen molar-refractivity contribution in [2.75, 3.05) is 24.1 Å². The van der Waals surface area contributed by atoms with Gasteiger partial charge < -0.3 is 14.8 Å². The molecule has 0 unspecified atom stereocenters. The Labute approximate surface area is 191 Å². The fraction of sp³-hybridized carbons (Fsp3) is 0.208. The third-order valence-electron chi connectivity index (χ3n) is 5.18. The number of halogens is 1. The lowest BCUT2D eigenvalue weighted by molar-refractivity contribution is -0.120. The van der Waals surface area contributed by atoms with Crippen molar-refractivity contribution in [3.05, 3.63) is 84.2 Å². The van der Waals surface area contributed by atoms with Crippen LogP contribution in [-0.4, -0.2) is 34.1 Å². The van der Waals surface area contributed by atoms with Crippen molar-refractivity contribution in [2.45, 2.75) is 17.9 Å². The summed E-state index contributed by atoms with van der Waals surface area (Å²) >= 11 is 0. The second-order valence-electron chi connectivity index (χ2n) is 7.49. The maximum atomic E-state index is 13.6. The van der Waals surface area contributed by atoms with E-state index >= 15 is 0 Å².